The minimum Gasteiger partial charge on any atom is -0.464 e. The van der Waals surface area contributed by atoms with Crippen molar-refractivity contribution in [3.05, 3.63) is 71.6 Å². The normalized spacial score (nSPS) is 10.4. The van der Waals surface area contributed by atoms with Crippen molar-refractivity contribution in [3.8, 4) is 0 Å². The predicted octanol–water partition coefficient (Wildman–Crippen LogP) is 2.81. The number of rotatable bonds is 6. The number of nitrogens with zero attached hydrogens (tertiary/aromatic N) is 1. The number of carbonyl (C=O) groups excluding carboxylic acids is 2. The molecule has 0 aliphatic rings. The van der Waals surface area contributed by atoms with Crippen LogP contribution in [-0.4, -0.2) is 30.7 Å². The molecule has 1 aromatic carbocycles. The second-order valence-electron chi connectivity index (χ2n) is 4.81. The summed E-state index contributed by atoms with van der Waals surface area (Å²) < 4.78 is 9.66. The molecule has 24 heavy (non-hydrogen) atoms. The van der Waals surface area contributed by atoms with Gasteiger partial charge in [-0.3, -0.25) is 0 Å². The zero-order valence-corrected chi connectivity index (χ0v) is 13.3. The molecule has 0 bridgehead atoms. The highest BCUT2D eigenvalue weighted by atomic mass is 16.5. The van der Waals surface area contributed by atoms with Crippen LogP contribution in [0.4, 0.5) is 4.79 Å². The SMILES string of the molecule is COC(=O)c1ccc(C=CCNC(=O)OCc2ccccc2)cn1. The number of benzene rings is 1. The standard InChI is InChI=1S/C18H18N2O4/c1-23-17(21)16-10-9-14(12-20-16)8-5-11-19-18(22)24-13-15-6-3-2-4-7-15/h2-10,12H,11,13H2,1H3,(H,19,22). The third kappa shape index (κ3) is 5.57. The lowest BCUT2D eigenvalue weighted by molar-refractivity contribution is 0.0594. The molecule has 1 N–H and O–H groups in total. The Morgan fingerprint density at radius 3 is 2.62 bits per heavy atom. The summed E-state index contributed by atoms with van der Waals surface area (Å²) in [6, 6.07) is 12.8. The van der Waals surface area contributed by atoms with E-state index in [1.807, 2.05) is 30.3 Å². The van der Waals surface area contributed by atoms with E-state index < -0.39 is 12.1 Å². The van der Waals surface area contributed by atoms with Crippen LogP contribution in [0, 0.1) is 0 Å². The molecule has 2 rings (SSSR count). The lowest BCUT2D eigenvalue weighted by Crippen LogP contribution is -2.24. The number of hydrogen-bond acceptors (Lipinski definition) is 5. The summed E-state index contributed by atoms with van der Waals surface area (Å²) >= 11 is 0. The molecule has 0 saturated heterocycles. The number of esters is 1. The topological polar surface area (TPSA) is 77.5 Å². The van der Waals surface area contributed by atoms with Crippen molar-refractivity contribution in [1.82, 2.24) is 10.3 Å². The van der Waals surface area contributed by atoms with Crippen molar-refractivity contribution < 1.29 is 19.1 Å². The van der Waals surface area contributed by atoms with E-state index in [0.717, 1.165) is 11.1 Å². The Kier molecular flexibility index (Phi) is 6.52. The summed E-state index contributed by atoms with van der Waals surface area (Å²) in [6.07, 6.45) is 4.61. The highest BCUT2D eigenvalue weighted by molar-refractivity contribution is 5.87. The molecule has 6 heteroatoms. The second-order valence-corrected chi connectivity index (χ2v) is 4.81. The first-order valence-corrected chi connectivity index (χ1v) is 7.34. The number of methoxy groups -OCH3 is 1. The van der Waals surface area contributed by atoms with Crippen LogP contribution in [-0.2, 0) is 16.1 Å². The maximum absolute atomic E-state index is 11.5. The molecule has 0 spiro atoms. The number of carbonyl (C=O) groups is 2. The van der Waals surface area contributed by atoms with Gasteiger partial charge in [0.15, 0.2) is 0 Å². The van der Waals surface area contributed by atoms with E-state index in [9.17, 15) is 9.59 Å². The van der Waals surface area contributed by atoms with Gasteiger partial charge in [-0.2, -0.15) is 0 Å². The Hall–Kier alpha value is -3.15. The molecule has 0 aliphatic carbocycles. The van der Waals surface area contributed by atoms with Crippen molar-refractivity contribution in [1.29, 1.82) is 0 Å². The molecule has 0 unspecified atom stereocenters. The van der Waals surface area contributed by atoms with E-state index >= 15 is 0 Å². The first-order chi connectivity index (χ1) is 11.7. The molecule has 2 aromatic rings. The van der Waals surface area contributed by atoms with Gasteiger partial charge in [0.1, 0.15) is 12.3 Å². The molecular weight excluding hydrogens is 308 g/mol. The molecule has 1 amide bonds. The molecule has 0 radical (unpaired) electrons. The number of alkyl carbamates (subject to hydrolysis) is 1. The van der Waals surface area contributed by atoms with E-state index in [1.54, 1.807) is 30.5 Å². The van der Waals surface area contributed by atoms with Crippen LogP contribution in [0.5, 0.6) is 0 Å². The van der Waals surface area contributed by atoms with Crippen LogP contribution >= 0.6 is 0 Å². The Bertz CT molecular complexity index is 697. The van der Waals surface area contributed by atoms with Gasteiger partial charge in [-0.05, 0) is 17.2 Å². The maximum Gasteiger partial charge on any atom is 0.407 e. The number of aromatic nitrogens is 1. The molecule has 0 fully saturated rings. The van der Waals surface area contributed by atoms with Crippen molar-refractivity contribution in [3.63, 3.8) is 0 Å². The minimum atomic E-state index is -0.484. The van der Waals surface area contributed by atoms with Gasteiger partial charge in [-0.1, -0.05) is 48.6 Å². The monoisotopic (exact) mass is 326 g/mol. The van der Waals surface area contributed by atoms with Crippen molar-refractivity contribution in [2.75, 3.05) is 13.7 Å². The van der Waals surface area contributed by atoms with Crippen molar-refractivity contribution >= 4 is 18.1 Å². The molecule has 6 nitrogen and oxygen atoms in total. The third-order valence-corrected chi connectivity index (χ3v) is 3.07. The highest BCUT2D eigenvalue weighted by Crippen LogP contribution is 2.04. The average molecular weight is 326 g/mol. The largest absolute Gasteiger partial charge is 0.464 e. The number of amides is 1. The molecule has 0 aliphatic heterocycles. The summed E-state index contributed by atoms with van der Waals surface area (Å²) in [5.41, 5.74) is 1.99. The molecule has 0 atom stereocenters. The van der Waals surface area contributed by atoms with E-state index in [1.165, 1.54) is 7.11 Å². The Morgan fingerprint density at radius 1 is 1.17 bits per heavy atom. The van der Waals surface area contributed by atoms with Crippen LogP contribution in [0.1, 0.15) is 21.6 Å². The van der Waals surface area contributed by atoms with Gasteiger partial charge in [0.2, 0.25) is 0 Å². The van der Waals surface area contributed by atoms with E-state index in [4.69, 9.17) is 4.74 Å². The Labute approximate surface area is 140 Å². The lowest BCUT2D eigenvalue weighted by Gasteiger charge is -2.05. The first kappa shape index (κ1) is 17.2. The van der Waals surface area contributed by atoms with Gasteiger partial charge >= 0.3 is 12.1 Å². The fourth-order valence-corrected chi connectivity index (χ4v) is 1.84. The third-order valence-electron chi connectivity index (χ3n) is 3.07. The van der Waals surface area contributed by atoms with Crippen LogP contribution in [0.3, 0.4) is 0 Å². The van der Waals surface area contributed by atoms with Gasteiger partial charge in [-0.15, -0.1) is 0 Å². The Balaban J connectivity index is 1.72. The summed E-state index contributed by atoms with van der Waals surface area (Å²) in [7, 11) is 1.31. The number of pyridine rings is 1. The first-order valence-electron chi connectivity index (χ1n) is 7.34. The zero-order valence-electron chi connectivity index (χ0n) is 13.3. The zero-order chi connectivity index (χ0) is 17.2. The fraction of sp³-hybridized carbons (Fsp3) is 0.167. The van der Waals surface area contributed by atoms with Crippen LogP contribution in [0.15, 0.2) is 54.7 Å². The van der Waals surface area contributed by atoms with Gasteiger partial charge in [0.05, 0.1) is 7.11 Å². The molecule has 0 saturated carbocycles. The molecule has 1 heterocycles. The van der Waals surface area contributed by atoms with Crippen LogP contribution < -0.4 is 5.32 Å². The summed E-state index contributed by atoms with van der Waals surface area (Å²) in [5.74, 6) is -0.478. The van der Waals surface area contributed by atoms with Crippen LogP contribution in [0.25, 0.3) is 6.08 Å². The van der Waals surface area contributed by atoms with Crippen molar-refractivity contribution in [2.45, 2.75) is 6.61 Å². The van der Waals surface area contributed by atoms with Gasteiger partial charge in [-0.25, -0.2) is 14.6 Å². The quantitative estimate of drug-likeness (QED) is 0.826. The predicted molar refractivity (Wildman–Crippen MR) is 89.2 cm³/mol. The van der Waals surface area contributed by atoms with E-state index in [2.05, 4.69) is 15.0 Å². The Morgan fingerprint density at radius 2 is 1.96 bits per heavy atom. The van der Waals surface area contributed by atoms with E-state index in [0.29, 0.717) is 6.54 Å². The fourth-order valence-electron chi connectivity index (χ4n) is 1.84. The summed E-state index contributed by atoms with van der Waals surface area (Å²) in [5, 5.41) is 2.62. The number of ether oxygens (including phenoxy) is 2. The molecule has 124 valence electrons. The van der Waals surface area contributed by atoms with Gasteiger partial charge in [0, 0.05) is 12.7 Å². The van der Waals surface area contributed by atoms with E-state index in [-0.39, 0.29) is 12.3 Å². The van der Waals surface area contributed by atoms with Gasteiger partial charge < -0.3 is 14.8 Å². The maximum atomic E-state index is 11.5. The number of hydrogen-bond donors (Lipinski definition) is 1. The average Bonchev–Trinajstić information content (AvgIpc) is 2.64. The molecule has 1 aromatic heterocycles. The van der Waals surface area contributed by atoms with Gasteiger partial charge in [0.25, 0.3) is 0 Å². The van der Waals surface area contributed by atoms with Crippen LogP contribution in [0.2, 0.25) is 0 Å². The second kappa shape index (κ2) is 9.09. The molecular formula is C18H18N2O4. The number of nitrogens with one attached hydrogen (secondary N) is 1. The summed E-state index contributed by atoms with van der Waals surface area (Å²) in [6.45, 7) is 0.557. The highest BCUT2D eigenvalue weighted by Gasteiger charge is 2.05. The smallest absolute Gasteiger partial charge is 0.407 e. The lowest BCUT2D eigenvalue weighted by atomic mass is 10.2. The minimum absolute atomic E-state index is 0.231. The summed E-state index contributed by atoms with van der Waals surface area (Å²) in [4.78, 5) is 26.8. The van der Waals surface area contributed by atoms with Crippen molar-refractivity contribution in [2.24, 2.45) is 0 Å².